The summed E-state index contributed by atoms with van der Waals surface area (Å²) < 4.78 is 5.26. The van der Waals surface area contributed by atoms with E-state index in [0.29, 0.717) is 12.5 Å². The van der Waals surface area contributed by atoms with E-state index in [1.54, 1.807) is 18.4 Å². The van der Waals surface area contributed by atoms with Crippen LogP contribution >= 0.6 is 11.3 Å². The number of thiazole rings is 1. The van der Waals surface area contributed by atoms with Crippen molar-refractivity contribution in [3.05, 3.63) is 34.2 Å². The minimum Gasteiger partial charge on any atom is -0.378 e. The number of hydrogen-bond acceptors (Lipinski definition) is 6. The fourth-order valence-corrected chi connectivity index (χ4v) is 3.27. The molecule has 1 aliphatic carbocycles. The van der Waals surface area contributed by atoms with Gasteiger partial charge in [0, 0.05) is 30.2 Å². The van der Waals surface area contributed by atoms with Gasteiger partial charge in [-0.1, -0.05) is 20.8 Å². The van der Waals surface area contributed by atoms with Crippen molar-refractivity contribution >= 4 is 17.2 Å². The Morgan fingerprint density at radius 1 is 1.35 bits per heavy atom. The van der Waals surface area contributed by atoms with E-state index in [9.17, 15) is 0 Å². The Hall–Kier alpha value is -1.53. The number of hydrogen-bond donors (Lipinski definition) is 1. The first kappa shape index (κ1) is 16.3. The highest BCUT2D eigenvalue weighted by Crippen LogP contribution is 2.43. The first-order valence-corrected chi connectivity index (χ1v) is 8.88. The van der Waals surface area contributed by atoms with Crippen molar-refractivity contribution in [1.82, 2.24) is 15.0 Å². The molecule has 0 bridgehead atoms. The second-order valence-corrected chi connectivity index (χ2v) is 8.01. The molecule has 1 aliphatic rings. The molecule has 1 N–H and O–H groups in total. The van der Waals surface area contributed by atoms with Gasteiger partial charge in [-0.2, -0.15) is 0 Å². The quantitative estimate of drug-likeness (QED) is 0.868. The molecule has 0 spiro atoms. The third-order valence-corrected chi connectivity index (χ3v) is 4.72. The molecule has 124 valence electrons. The summed E-state index contributed by atoms with van der Waals surface area (Å²) in [5.74, 6) is 2.35. The number of aromatic nitrogens is 3. The van der Waals surface area contributed by atoms with E-state index in [0.717, 1.165) is 22.3 Å². The monoisotopic (exact) mass is 332 g/mol. The Morgan fingerprint density at radius 2 is 2.13 bits per heavy atom. The normalized spacial score (nSPS) is 16.3. The number of rotatable bonds is 6. The Labute approximate surface area is 141 Å². The van der Waals surface area contributed by atoms with Crippen LogP contribution in [0.3, 0.4) is 0 Å². The molecule has 3 rings (SSSR count). The highest BCUT2D eigenvalue weighted by molar-refractivity contribution is 7.09. The lowest BCUT2D eigenvalue weighted by molar-refractivity contribution is 0.181. The van der Waals surface area contributed by atoms with Gasteiger partial charge in [0.2, 0.25) is 0 Å². The summed E-state index contributed by atoms with van der Waals surface area (Å²) in [6, 6.07) is 2.23. The molecule has 6 heteroatoms. The maximum absolute atomic E-state index is 5.26. The summed E-state index contributed by atoms with van der Waals surface area (Å²) in [4.78, 5) is 13.9. The molecule has 0 aliphatic heterocycles. The molecule has 2 heterocycles. The van der Waals surface area contributed by atoms with Gasteiger partial charge >= 0.3 is 0 Å². The lowest BCUT2D eigenvalue weighted by atomic mass is 9.95. The van der Waals surface area contributed by atoms with E-state index in [1.807, 2.05) is 17.6 Å². The van der Waals surface area contributed by atoms with E-state index in [4.69, 9.17) is 9.72 Å². The van der Waals surface area contributed by atoms with Crippen molar-refractivity contribution in [1.29, 1.82) is 0 Å². The summed E-state index contributed by atoms with van der Waals surface area (Å²) in [6.07, 6.45) is 4.37. The van der Waals surface area contributed by atoms with Gasteiger partial charge in [0.1, 0.15) is 16.6 Å². The van der Waals surface area contributed by atoms with Gasteiger partial charge in [0.25, 0.3) is 0 Å². The van der Waals surface area contributed by atoms with Crippen LogP contribution in [0.15, 0.2) is 17.6 Å². The van der Waals surface area contributed by atoms with Gasteiger partial charge < -0.3 is 10.1 Å². The van der Waals surface area contributed by atoms with Gasteiger partial charge in [-0.25, -0.2) is 15.0 Å². The Bertz CT molecular complexity index is 647. The molecule has 1 unspecified atom stereocenters. The van der Waals surface area contributed by atoms with Crippen LogP contribution < -0.4 is 5.32 Å². The number of anilines is 1. The molecule has 0 radical (unpaired) electrons. The number of methoxy groups -OCH3 is 1. The number of nitrogens with zero attached hydrogens (tertiary/aromatic N) is 3. The predicted molar refractivity (Wildman–Crippen MR) is 92.6 cm³/mol. The first-order chi connectivity index (χ1) is 11.0. The van der Waals surface area contributed by atoms with Crippen molar-refractivity contribution in [2.24, 2.45) is 5.92 Å². The van der Waals surface area contributed by atoms with Crippen LogP contribution in [0.1, 0.15) is 56.2 Å². The van der Waals surface area contributed by atoms with Crippen molar-refractivity contribution in [2.45, 2.75) is 51.7 Å². The van der Waals surface area contributed by atoms with Gasteiger partial charge in [-0.3, -0.25) is 0 Å². The summed E-state index contributed by atoms with van der Waals surface area (Å²) in [6.45, 7) is 6.87. The average molecular weight is 332 g/mol. The summed E-state index contributed by atoms with van der Waals surface area (Å²) in [5.41, 5.74) is 0.805. The fraction of sp³-hybridized carbons (Fsp3) is 0.588. The molecule has 1 atom stereocenters. The van der Waals surface area contributed by atoms with E-state index < -0.39 is 0 Å². The molecule has 5 nitrogen and oxygen atoms in total. The highest BCUT2D eigenvalue weighted by atomic mass is 32.1. The number of ether oxygens (including phenoxy) is 1. The largest absolute Gasteiger partial charge is 0.378 e. The molecular weight excluding hydrogens is 308 g/mol. The van der Waals surface area contributed by atoms with Gasteiger partial charge in [0.15, 0.2) is 0 Å². The van der Waals surface area contributed by atoms with Crippen molar-refractivity contribution in [3.8, 4) is 0 Å². The Kier molecular flexibility index (Phi) is 4.64. The van der Waals surface area contributed by atoms with Crippen LogP contribution in [0, 0.1) is 5.92 Å². The summed E-state index contributed by atoms with van der Waals surface area (Å²) in [7, 11) is 1.69. The SMILES string of the molecule is COCc1cc(NC(c2nccs2)C2CC2)nc(C(C)(C)C)n1. The van der Waals surface area contributed by atoms with Crippen LogP contribution in [0.4, 0.5) is 5.82 Å². The molecule has 0 saturated heterocycles. The molecule has 0 amide bonds. The maximum Gasteiger partial charge on any atom is 0.136 e. The van der Waals surface area contributed by atoms with Crippen LogP contribution in [-0.4, -0.2) is 22.1 Å². The molecule has 1 fully saturated rings. The van der Waals surface area contributed by atoms with Crippen LogP contribution in [0.2, 0.25) is 0 Å². The first-order valence-electron chi connectivity index (χ1n) is 8.00. The minimum absolute atomic E-state index is 0.101. The second-order valence-electron chi connectivity index (χ2n) is 7.08. The lowest BCUT2D eigenvalue weighted by Gasteiger charge is -2.21. The maximum atomic E-state index is 5.26. The predicted octanol–water partition coefficient (Wildman–Crippen LogP) is 3.94. The van der Waals surface area contributed by atoms with E-state index in [1.165, 1.54) is 12.8 Å². The van der Waals surface area contributed by atoms with Crippen molar-refractivity contribution < 1.29 is 4.74 Å². The van der Waals surface area contributed by atoms with Gasteiger partial charge in [0.05, 0.1) is 18.3 Å². The molecular formula is C17H24N4OS. The van der Waals surface area contributed by atoms with E-state index >= 15 is 0 Å². The zero-order chi connectivity index (χ0) is 16.4. The summed E-state index contributed by atoms with van der Waals surface area (Å²) >= 11 is 1.70. The lowest BCUT2D eigenvalue weighted by Crippen LogP contribution is -2.20. The van der Waals surface area contributed by atoms with E-state index in [2.05, 4.69) is 36.1 Å². The standard InChI is InChI=1S/C17H24N4OS/c1-17(2,3)16-19-12(10-22-4)9-13(21-16)20-14(11-5-6-11)15-18-7-8-23-15/h7-9,11,14H,5-6,10H2,1-4H3,(H,19,20,21). The second kappa shape index (κ2) is 6.53. The number of nitrogens with one attached hydrogen (secondary N) is 1. The van der Waals surface area contributed by atoms with Gasteiger partial charge in [-0.05, 0) is 18.8 Å². The molecule has 0 aromatic carbocycles. The van der Waals surface area contributed by atoms with Crippen LogP contribution in [0.25, 0.3) is 0 Å². The third-order valence-electron chi connectivity index (χ3n) is 3.86. The average Bonchev–Trinajstić information content (AvgIpc) is 3.18. The van der Waals surface area contributed by atoms with Gasteiger partial charge in [-0.15, -0.1) is 11.3 Å². The van der Waals surface area contributed by atoms with Crippen molar-refractivity contribution in [2.75, 3.05) is 12.4 Å². The van der Waals surface area contributed by atoms with Crippen LogP contribution in [0.5, 0.6) is 0 Å². The smallest absolute Gasteiger partial charge is 0.136 e. The molecule has 1 saturated carbocycles. The Morgan fingerprint density at radius 3 is 2.70 bits per heavy atom. The zero-order valence-corrected chi connectivity index (χ0v) is 15.0. The topological polar surface area (TPSA) is 59.9 Å². The van der Waals surface area contributed by atoms with Crippen molar-refractivity contribution in [3.63, 3.8) is 0 Å². The minimum atomic E-state index is -0.101. The highest BCUT2D eigenvalue weighted by Gasteiger charge is 2.34. The van der Waals surface area contributed by atoms with E-state index in [-0.39, 0.29) is 11.5 Å². The molecule has 23 heavy (non-hydrogen) atoms. The Balaban J connectivity index is 1.89. The molecule has 2 aromatic heterocycles. The fourth-order valence-electron chi connectivity index (χ4n) is 2.49. The molecule has 2 aromatic rings. The van der Waals surface area contributed by atoms with Crippen LogP contribution in [-0.2, 0) is 16.8 Å². The summed E-state index contributed by atoms with van der Waals surface area (Å²) in [5, 5.41) is 6.76. The zero-order valence-electron chi connectivity index (χ0n) is 14.2. The third kappa shape index (κ3) is 4.06.